The number of benzene rings is 1. The minimum Gasteiger partial charge on any atom is -0.375 e. The summed E-state index contributed by atoms with van der Waals surface area (Å²) in [6.45, 7) is 9.01. The lowest BCUT2D eigenvalue weighted by molar-refractivity contribution is 0.0473. The summed E-state index contributed by atoms with van der Waals surface area (Å²) in [5.74, 6) is -1.12. The first-order chi connectivity index (χ1) is 9.97. The molecule has 0 saturated carbocycles. The summed E-state index contributed by atoms with van der Waals surface area (Å²) in [6, 6.07) is 4.18. The van der Waals surface area contributed by atoms with Crippen molar-refractivity contribution in [1.82, 2.24) is 5.32 Å². The zero-order valence-corrected chi connectivity index (χ0v) is 13.2. The van der Waals surface area contributed by atoms with Gasteiger partial charge in [-0.1, -0.05) is 26.0 Å². The van der Waals surface area contributed by atoms with Crippen LogP contribution >= 0.6 is 0 Å². The third-order valence-electron chi connectivity index (χ3n) is 4.63. The zero-order valence-electron chi connectivity index (χ0n) is 13.2. The number of nitrogens with one attached hydrogen (secondary N) is 1. The maximum atomic E-state index is 14.2. The molecule has 1 fully saturated rings. The first-order valence-corrected chi connectivity index (χ1v) is 7.80. The van der Waals surface area contributed by atoms with Crippen LogP contribution in [0.3, 0.4) is 0 Å². The van der Waals surface area contributed by atoms with Crippen molar-refractivity contribution in [3.05, 3.63) is 35.4 Å². The standard InChI is InChI=1S/C17H25F2NO/c1-5-9-20-17(13-7-6-8-14(18)16(13)19)15-10(2)11(3)21-12(15)4/h6-8,10-12,15,17,20H,5,9H2,1-4H3. The van der Waals surface area contributed by atoms with Gasteiger partial charge in [-0.15, -0.1) is 0 Å². The van der Waals surface area contributed by atoms with Crippen LogP contribution in [0, 0.1) is 23.5 Å². The largest absolute Gasteiger partial charge is 0.375 e. The molecular formula is C17H25F2NO. The lowest BCUT2D eigenvalue weighted by Crippen LogP contribution is -2.36. The minimum absolute atomic E-state index is 0.0204. The third-order valence-corrected chi connectivity index (χ3v) is 4.63. The molecule has 0 bridgehead atoms. The normalized spacial score (nSPS) is 30.6. The van der Waals surface area contributed by atoms with Crippen molar-refractivity contribution in [3.8, 4) is 0 Å². The van der Waals surface area contributed by atoms with E-state index in [2.05, 4.69) is 19.2 Å². The molecule has 5 unspecified atom stereocenters. The van der Waals surface area contributed by atoms with Crippen molar-refractivity contribution < 1.29 is 13.5 Å². The molecule has 2 nitrogen and oxygen atoms in total. The fourth-order valence-electron chi connectivity index (χ4n) is 3.38. The van der Waals surface area contributed by atoms with Crippen molar-refractivity contribution in [2.24, 2.45) is 11.8 Å². The van der Waals surface area contributed by atoms with Crippen molar-refractivity contribution in [2.45, 2.75) is 52.4 Å². The number of halogens is 2. The lowest BCUT2D eigenvalue weighted by Gasteiger charge is -2.30. The van der Waals surface area contributed by atoms with Crippen molar-refractivity contribution in [2.75, 3.05) is 6.54 Å². The van der Waals surface area contributed by atoms with E-state index in [-0.39, 0.29) is 30.1 Å². The number of hydrogen-bond donors (Lipinski definition) is 1. The van der Waals surface area contributed by atoms with Gasteiger partial charge in [-0.3, -0.25) is 0 Å². The second-order valence-corrected chi connectivity index (χ2v) is 6.06. The maximum absolute atomic E-state index is 14.2. The van der Waals surface area contributed by atoms with Crippen LogP contribution in [0.1, 0.15) is 45.7 Å². The Kier molecular flexibility index (Phi) is 5.33. The van der Waals surface area contributed by atoms with E-state index in [0.29, 0.717) is 5.56 Å². The molecule has 1 N–H and O–H groups in total. The van der Waals surface area contributed by atoms with E-state index in [0.717, 1.165) is 19.0 Å². The zero-order chi connectivity index (χ0) is 15.6. The van der Waals surface area contributed by atoms with E-state index in [4.69, 9.17) is 4.74 Å². The predicted octanol–water partition coefficient (Wildman–Crippen LogP) is 4.07. The van der Waals surface area contributed by atoms with Gasteiger partial charge in [-0.05, 0) is 38.8 Å². The molecule has 5 atom stereocenters. The summed E-state index contributed by atoms with van der Waals surface area (Å²) < 4.78 is 33.7. The Morgan fingerprint density at radius 1 is 1.19 bits per heavy atom. The highest BCUT2D eigenvalue weighted by Crippen LogP contribution is 2.41. The average Bonchev–Trinajstić information content (AvgIpc) is 2.69. The number of hydrogen-bond acceptors (Lipinski definition) is 2. The van der Waals surface area contributed by atoms with Crippen LogP contribution in [0.25, 0.3) is 0 Å². The Morgan fingerprint density at radius 2 is 1.90 bits per heavy atom. The molecule has 2 rings (SSSR count). The first kappa shape index (κ1) is 16.4. The maximum Gasteiger partial charge on any atom is 0.163 e. The van der Waals surface area contributed by atoms with E-state index >= 15 is 0 Å². The molecule has 4 heteroatoms. The molecule has 0 spiro atoms. The third kappa shape index (κ3) is 3.27. The Hall–Kier alpha value is -1.00. The molecule has 1 aromatic carbocycles. The van der Waals surface area contributed by atoms with Gasteiger partial charge in [-0.2, -0.15) is 0 Å². The quantitative estimate of drug-likeness (QED) is 0.884. The lowest BCUT2D eigenvalue weighted by atomic mass is 9.80. The number of ether oxygens (including phenoxy) is 1. The van der Waals surface area contributed by atoms with Gasteiger partial charge < -0.3 is 10.1 Å². The van der Waals surface area contributed by atoms with Gasteiger partial charge in [0.2, 0.25) is 0 Å². The van der Waals surface area contributed by atoms with Gasteiger partial charge in [0.05, 0.1) is 12.2 Å². The van der Waals surface area contributed by atoms with Crippen LogP contribution in [-0.4, -0.2) is 18.8 Å². The van der Waals surface area contributed by atoms with Crippen molar-refractivity contribution >= 4 is 0 Å². The highest BCUT2D eigenvalue weighted by atomic mass is 19.2. The fraction of sp³-hybridized carbons (Fsp3) is 0.647. The molecule has 118 valence electrons. The van der Waals surface area contributed by atoms with Crippen LogP contribution < -0.4 is 5.32 Å². The molecule has 1 aliphatic heterocycles. The minimum atomic E-state index is -0.789. The van der Waals surface area contributed by atoms with Crippen LogP contribution in [0.2, 0.25) is 0 Å². The summed E-state index contributed by atoms with van der Waals surface area (Å²) in [6.07, 6.45) is 1.10. The Morgan fingerprint density at radius 3 is 2.48 bits per heavy atom. The van der Waals surface area contributed by atoms with Gasteiger partial charge in [-0.25, -0.2) is 8.78 Å². The van der Waals surface area contributed by atoms with E-state index in [1.165, 1.54) is 0 Å². The van der Waals surface area contributed by atoms with Crippen LogP contribution in [0.5, 0.6) is 0 Å². The molecule has 0 radical (unpaired) electrons. The summed E-state index contributed by atoms with van der Waals surface area (Å²) >= 11 is 0. The van der Waals surface area contributed by atoms with Gasteiger partial charge in [0.25, 0.3) is 0 Å². The molecule has 1 aromatic rings. The molecule has 1 aliphatic rings. The number of rotatable bonds is 5. The second kappa shape index (κ2) is 6.84. The van der Waals surface area contributed by atoms with Crippen LogP contribution in [-0.2, 0) is 4.74 Å². The molecule has 0 aliphatic carbocycles. The predicted molar refractivity (Wildman–Crippen MR) is 80.1 cm³/mol. The SMILES string of the molecule is CCCNC(c1cccc(F)c1F)C1C(C)OC(C)C1C. The first-order valence-electron chi connectivity index (χ1n) is 7.80. The van der Waals surface area contributed by atoms with Gasteiger partial charge in [0.15, 0.2) is 11.6 Å². The van der Waals surface area contributed by atoms with Gasteiger partial charge in [0, 0.05) is 17.5 Å². The van der Waals surface area contributed by atoms with E-state index in [9.17, 15) is 8.78 Å². The van der Waals surface area contributed by atoms with E-state index < -0.39 is 11.6 Å². The summed E-state index contributed by atoms with van der Waals surface area (Å²) in [4.78, 5) is 0. The molecule has 0 amide bonds. The van der Waals surface area contributed by atoms with Crippen molar-refractivity contribution in [3.63, 3.8) is 0 Å². The molecule has 21 heavy (non-hydrogen) atoms. The van der Waals surface area contributed by atoms with Crippen molar-refractivity contribution in [1.29, 1.82) is 0 Å². The van der Waals surface area contributed by atoms with Gasteiger partial charge >= 0.3 is 0 Å². The molecule has 1 saturated heterocycles. The summed E-state index contributed by atoms with van der Waals surface area (Å²) in [5.41, 5.74) is 0.407. The van der Waals surface area contributed by atoms with E-state index in [1.807, 2.05) is 13.8 Å². The highest BCUT2D eigenvalue weighted by molar-refractivity contribution is 5.24. The second-order valence-electron chi connectivity index (χ2n) is 6.06. The van der Waals surface area contributed by atoms with Crippen LogP contribution in [0.4, 0.5) is 8.78 Å². The van der Waals surface area contributed by atoms with Gasteiger partial charge in [0.1, 0.15) is 0 Å². The highest BCUT2D eigenvalue weighted by Gasteiger charge is 2.42. The monoisotopic (exact) mass is 297 g/mol. The summed E-state index contributed by atoms with van der Waals surface area (Å²) in [7, 11) is 0. The Labute approximate surface area is 125 Å². The van der Waals surface area contributed by atoms with Crippen LogP contribution in [0.15, 0.2) is 18.2 Å². The smallest absolute Gasteiger partial charge is 0.163 e. The average molecular weight is 297 g/mol. The molecular weight excluding hydrogens is 272 g/mol. The summed E-state index contributed by atoms with van der Waals surface area (Å²) in [5, 5.41) is 3.39. The Balaban J connectivity index is 2.36. The Bertz CT molecular complexity index is 480. The fourth-order valence-corrected chi connectivity index (χ4v) is 3.38. The van der Waals surface area contributed by atoms with E-state index in [1.54, 1.807) is 12.1 Å². The topological polar surface area (TPSA) is 21.3 Å². The molecule has 1 heterocycles. The molecule has 0 aromatic heterocycles.